The smallest absolute Gasteiger partial charge is 0.383 e. The number of hydrogen-bond acceptors (Lipinski definition) is 4. The zero-order valence-corrected chi connectivity index (χ0v) is 26.4. The summed E-state index contributed by atoms with van der Waals surface area (Å²) in [5.41, 5.74) is 0. The lowest BCUT2D eigenvalue weighted by molar-refractivity contribution is -0.121. The van der Waals surface area contributed by atoms with Crippen molar-refractivity contribution in [2.24, 2.45) is 5.92 Å². The Labute approximate surface area is 238 Å². The van der Waals surface area contributed by atoms with Crippen molar-refractivity contribution in [3.05, 3.63) is 0 Å². The number of amides is 1. The molecule has 0 spiro atoms. The van der Waals surface area contributed by atoms with Gasteiger partial charge in [-0.05, 0) is 30.7 Å². The van der Waals surface area contributed by atoms with Gasteiger partial charge in [0.15, 0.2) is 0 Å². The van der Waals surface area contributed by atoms with Crippen LogP contribution >= 0.6 is 0 Å². The predicted molar refractivity (Wildman–Crippen MR) is 165 cm³/mol. The van der Waals surface area contributed by atoms with Crippen LogP contribution in [0.5, 0.6) is 0 Å². The Kier molecular flexibility index (Phi) is 25.5. The first-order valence-corrected chi connectivity index (χ1v) is 16.4. The van der Waals surface area contributed by atoms with Crippen molar-refractivity contribution in [2.75, 3.05) is 13.2 Å². The Morgan fingerprint density at radius 1 is 0.816 bits per heavy atom. The van der Waals surface area contributed by atoms with Crippen LogP contribution in [0.25, 0.3) is 0 Å². The zero-order chi connectivity index (χ0) is 28.4. The number of carbonyl (C=O) groups is 1. The molecular formula is C32H64BN3O2. The van der Waals surface area contributed by atoms with Crippen molar-refractivity contribution in [1.82, 2.24) is 10.1 Å². The summed E-state index contributed by atoms with van der Waals surface area (Å²) in [6, 6.07) is 2.90. The molecule has 0 aliphatic heterocycles. The van der Waals surface area contributed by atoms with E-state index in [-0.39, 0.29) is 13.0 Å². The molecule has 0 radical (unpaired) electrons. The molecule has 0 aromatic heterocycles. The van der Waals surface area contributed by atoms with Crippen LogP contribution in [0.3, 0.4) is 0 Å². The van der Waals surface area contributed by atoms with Crippen LogP contribution < -0.4 is 5.32 Å². The summed E-state index contributed by atoms with van der Waals surface area (Å²) in [5.74, 6) is 0.553. The second-order valence-electron chi connectivity index (χ2n) is 11.9. The van der Waals surface area contributed by atoms with Gasteiger partial charge in [0.2, 0.25) is 5.91 Å². The molecule has 6 heteroatoms. The van der Waals surface area contributed by atoms with Crippen LogP contribution in [0.1, 0.15) is 157 Å². The highest BCUT2D eigenvalue weighted by Crippen LogP contribution is 2.20. The van der Waals surface area contributed by atoms with Gasteiger partial charge in [0.05, 0.1) is 12.5 Å². The largest absolute Gasteiger partial charge is 0.420 e. The quantitative estimate of drug-likeness (QED) is 0.0845. The summed E-state index contributed by atoms with van der Waals surface area (Å²) in [5, 5.41) is 12.1. The number of unbranched alkanes of at least 4 members (excludes halogenated alkanes) is 14. The average molecular weight is 534 g/mol. The van der Waals surface area contributed by atoms with E-state index in [2.05, 4.69) is 57.7 Å². The van der Waals surface area contributed by atoms with Gasteiger partial charge in [-0.3, -0.25) is 4.79 Å². The van der Waals surface area contributed by atoms with E-state index >= 15 is 0 Å². The summed E-state index contributed by atoms with van der Waals surface area (Å²) in [6.07, 6.45) is 23.1. The normalized spacial score (nSPS) is 12.3. The van der Waals surface area contributed by atoms with Gasteiger partial charge in [-0.25, -0.2) is 0 Å². The minimum atomic E-state index is -0.0271. The molecule has 1 N–H and O–H groups in total. The van der Waals surface area contributed by atoms with E-state index < -0.39 is 0 Å². The summed E-state index contributed by atoms with van der Waals surface area (Å²) in [4.78, 5) is 14.8. The Hall–Kier alpha value is -1.06. The summed E-state index contributed by atoms with van der Waals surface area (Å²) >= 11 is 0. The average Bonchev–Trinajstić information content (AvgIpc) is 2.88. The number of nitrogens with one attached hydrogen (secondary N) is 1. The van der Waals surface area contributed by atoms with Gasteiger partial charge in [0.25, 0.3) is 0 Å². The van der Waals surface area contributed by atoms with E-state index in [9.17, 15) is 4.79 Å². The minimum Gasteiger partial charge on any atom is -0.420 e. The lowest BCUT2D eigenvalue weighted by Gasteiger charge is -2.37. The molecule has 0 bridgehead atoms. The van der Waals surface area contributed by atoms with Crippen LogP contribution in [-0.4, -0.2) is 43.0 Å². The molecule has 5 nitrogen and oxygen atoms in total. The van der Waals surface area contributed by atoms with Crippen molar-refractivity contribution >= 4 is 13.0 Å². The zero-order valence-electron chi connectivity index (χ0n) is 26.4. The highest BCUT2D eigenvalue weighted by molar-refractivity contribution is 6.49. The fourth-order valence-corrected chi connectivity index (χ4v) is 5.46. The Balaban J connectivity index is 4.00. The summed E-state index contributed by atoms with van der Waals surface area (Å²) in [6.45, 7) is 14.4. The monoisotopic (exact) mass is 534 g/mol. The summed E-state index contributed by atoms with van der Waals surface area (Å²) in [7, 11) is -0.0271. The molecule has 0 aliphatic carbocycles. The van der Waals surface area contributed by atoms with E-state index in [0.29, 0.717) is 44.0 Å². The van der Waals surface area contributed by atoms with Gasteiger partial charge < -0.3 is 14.8 Å². The first kappa shape index (κ1) is 36.9. The third kappa shape index (κ3) is 20.9. The third-order valence-electron chi connectivity index (χ3n) is 7.76. The second kappa shape index (κ2) is 26.2. The second-order valence-corrected chi connectivity index (χ2v) is 11.9. The van der Waals surface area contributed by atoms with Gasteiger partial charge in [-0.2, -0.15) is 5.26 Å². The van der Waals surface area contributed by atoms with Crippen LogP contribution in [-0.2, 0) is 9.45 Å². The number of nitriles is 1. The highest BCUT2D eigenvalue weighted by atomic mass is 16.4. The molecule has 1 unspecified atom stereocenters. The van der Waals surface area contributed by atoms with Crippen LogP contribution in [0.4, 0.5) is 0 Å². The summed E-state index contributed by atoms with van der Waals surface area (Å²) < 4.78 is 6.16. The van der Waals surface area contributed by atoms with Crippen molar-refractivity contribution in [3.63, 3.8) is 0 Å². The van der Waals surface area contributed by atoms with Crippen LogP contribution in [0, 0.1) is 17.2 Å². The van der Waals surface area contributed by atoms with Crippen molar-refractivity contribution in [1.29, 1.82) is 5.26 Å². The maximum Gasteiger partial charge on any atom is 0.383 e. The number of hydrogen-bond donors (Lipinski definition) is 1. The van der Waals surface area contributed by atoms with Gasteiger partial charge in [-0.15, -0.1) is 0 Å². The molecule has 38 heavy (non-hydrogen) atoms. The van der Waals surface area contributed by atoms with Gasteiger partial charge in [0, 0.05) is 19.6 Å². The maximum absolute atomic E-state index is 12.5. The fraction of sp³-hybridized carbons (Fsp3) is 0.938. The maximum atomic E-state index is 12.5. The number of nitrogens with zero attached hydrogens (tertiary/aromatic N) is 2. The standard InChI is InChI=1S/C32H64BN3O2/c1-7-9-10-11-12-13-14-15-16-17-18-19-20-21-22-24-32(37)35-28-31(8-2)27-33(38-26-23-25-34)36(29(3)4)30(5)6/h29-31H,7-24,26-28H2,1-6H3,(H,35,37). The molecule has 0 rings (SSSR count). The fourth-order valence-electron chi connectivity index (χ4n) is 5.46. The SMILES string of the molecule is CCCCCCCCCCCCCCCCCC(=O)NCC(CC)CB(OCCC#N)N(C(C)C)C(C)C. The van der Waals surface area contributed by atoms with Crippen molar-refractivity contribution < 1.29 is 9.45 Å². The lowest BCUT2D eigenvalue weighted by atomic mass is 9.67. The molecule has 0 fully saturated rings. The molecule has 0 saturated carbocycles. The molecular weight excluding hydrogens is 469 g/mol. The Morgan fingerprint density at radius 3 is 1.71 bits per heavy atom. The van der Waals surface area contributed by atoms with Crippen LogP contribution in [0.2, 0.25) is 6.32 Å². The van der Waals surface area contributed by atoms with Gasteiger partial charge in [-0.1, -0.05) is 138 Å². The lowest BCUT2D eigenvalue weighted by Crippen LogP contribution is -2.51. The third-order valence-corrected chi connectivity index (χ3v) is 7.76. The minimum absolute atomic E-state index is 0.0271. The topological polar surface area (TPSA) is 65.4 Å². The van der Waals surface area contributed by atoms with E-state index in [1.54, 1.807) is 0 Å². The van der Waals surface area contributed by atoms with E-state index in [4.69, 9.17) is 9.92 Å². The number of rotatable bonds is 27. The molecule has 0 aromatic carbocycles. The van der Waals surface area contributed by atoms with Crippen molar-refractivity contribution in [3.8, 4) is 6.07 Å². The van der Waals surface area contributed by atoms with E-state index in [1.165, 1.54) is 83.5 Å². The molecule has 1 atom stereocenters. The predicted octanol–water partition coefficient (Wildman–Crippen LogP) is 8.93. The molecule has 0 aliphatic rings. The Bertz CT molecular complexity index is 572. The first-order valence-electron chi connectivity index (χ1n) is 16.4. The molecule has 222 valence electrons. The number of carbonyl (C=O) groups excluding carboxylic acids is 1. The molecule has 0 heterocycles. The van der Waals surface area contributed by atoms with E-state index in [0.717, 1.165) is 25.6 Å². The molecule has 1 amide bonds. The van der Waals surface area contributed by atoms with E-state index in [1.807, 2.05) is 0 Å². The highest BCUT2D eigenvalue weighted by Gasteiger charge is 2.32. The van der Waals surface area contributed by atoms with Gasteiger partial charge >= 0.3 is 7.05 Å². The Morgan fingerprint density at radius 2 is 1.29 bits per heavy atom. The molecule has 0 aromatic rings. The van der Waals surface area contributed by atoms with Crippen LogP contribution in [0.15, 0.2) is 0 Å². The van der Waals surface area contributed by atoms with Crippen molar-refractivity contribution in [2.45, 2.75) is 176 Å². The molecule has 0 saturated heterocycles. The first-order chi connectivity index (χ1) is 18.4. The van der Waals surface area contributed by atoms with Gasteiger partial charge in [0.1, 0.15) is 0 Å².